The highest BCUT2D eigenvalue weighted by Crippen LogP contribution is 2.17. The molecule has 17 heavy (non-hydrogen) atoms. The minimum absolute atomic E-state index is 0.0391. The number of hydrogen-bond donors (Lipinski definition) is 1. The highest BCUT2D eigenvalue weighted by molar-refractivity contribution is 9.10. The number of amides is 1. The molecule has 0 aromatic heterocycles. The van der Waals surface area contributed by atoms with Crippen LogP contribution in [0.4, 0.5) is 0 Å². The number of alkyl halides is 1. The zero-order chi connectivity index (χ0) is 12.8. The lowest BCUT2D eigenvalue weighted by Gasteiger charge is -2.08. The van der Waals surface area contributed by atoms with Crippen LogP contribution in [0.2, 0.25) is 0 Å². The van der Waals surface area contributed by atoms with Crippen LogP contribution in [0.3, 0.4) is 0 Å². The Bertz CT molecular complexity index is 393. The molecule has 0 heterocycles. The van der Waals surface area contributed by atoms with Gasteiger partial charge < -0.3 is 5.32 Å². The van der Waals surface area contributed by atoms with Crippen molar-refractivity contribution in [2.45, 2.75) is 32.1 Å². The third kappa shape index (κ3) is 5.09. The van der Waals surface area contributed by atoms with E-state index in [2.05, 4.69) is 21.2 Å². The number of rotatable bonds is 5. The zero-order valence-electron chi connectivity index (χ0n) is 10.1. The number of hydrogen-bond acceptors (Lipinski definition) is 1. The molecule has 0 radical (unpaired) electrons. The van der Waals surface area contributed by atoms with E-state index in [1.165, 1.54) is 0 Å². The molecule has 0 spiro atoms. The normalized spacial score (nSPS) is 12.2. The molecule has 1 aromatic rings. The molecule has 0 aliphatic heterocycles. The fraction of sp³-hybridized carbons (Fsp3) is 0.462. The van der Waals surface area contributed by atoms with Crippen LogP contribution in [-0.4, -0.2) is 17.8 Å². The highest BCUT2D eigenvalue weighted by Gasteiger charge is 2.09. The van der Waals surface area contributed by atoms with Gasteiger partial charge in [-0.2, -0.15) is 0 Å². The molecule has 0 saturated heterocycles. The Morgan fingerprint density at radius 1 is 1.53 bits per heavy atom. The van der Waals surface area contributed by atoms with Crippen molar-refractivity contribution in [2.75, 3.05) is 6.54 Å². The lowest BCUT2D eigenvalue weighted by atomic mass is 10.1. The van der Waals surface area contributed by atoms with E-state index in [1.54, 1.807) is 0 Å². The number of benzene rings is 1. The second-order valence-electron chi connectivity index (χ2n) is 4.16. The first-order valence-electron chi connectivity index (χ1n) is 5.69. The standard InChI is InChI=1S/C13H17BrClNO/c1-9-5-6-12(14)11(8-9)13(17)16-7-3-4-10(2)15/h5-6,8,10H,3-4,7H2,1-2H3,(H,16,17). The topological polar surface area (TPSA) is 29.1 Å². The summed E-state index contributed by atoms with van der Waals surface area (Å²) < 4.78 is 0.825. The molecule has 2 nitrogen and oxygen atoms in total. The monoisotopic (exact) mass is 317 g/mol. The van der Waals surface area contributed by atoms with Gasteiger partial charge in [-0.05, 0) is 54.8 Å². The SMILES string of the molecule is Cc1ccc(Br)c(C(=O)NCCCC(C)Cl)c1. The summed E-state index contributed by atoms with van der Waals surface area (Å²) in [7, 11) is 0. The predicted molar refractivity (Wildman–Crippen MR) is 75.8 cm³/mol. The molecule has 1 N–H and O–H groups in total. The molecule has 1 amide bonds. The maximum Gasteiger partial charge on any atom is 0.252 e. The van der Waals surface area contributed by atoms with Crippen LogP contribution in [-0.2, 0) is 0 Å². The molecule has 0 fully saturated rings. The number of halogens is 2. The first-order valence-corrected chi connectivity index (χ1v) is 6.92. The van der Waals surface area contributed by atoms with Crippen LogP contribution < -0.4 is 5.32 Å². The third-order valence-corrected chi connectivity index (χ3v) is 3.34. The van der Waals surface area contributed by atoms with Crippen molar-refractivity contribution in [1.82, 2.24) is 5.32 Å². The summed E-state index contributed by atoms with van der Waals surface area (Å²) in [6.07, 6.45) is 1.82. The first-order chi connectivity index (χ1) is 8.00. The number of carbonyl (C=O) groups is 1. The smallest absolute Gasteiger partial charge is 0.252 e. The maximum absolute atomic E-state index is 11.9. The van der Waals surface area contributed by atoms with E-state index in [0.29, 0.717) is 12.1 Å². The van der Waals surface area contributed by atoms with Gasteiger partial charge in [0.25, 0.3) is 5.91 Å². The van der Waals surface area contributed by atoms with Gasteiger partial charge >= 0.3 is 0 Å². The van der Waals surface area contributed by atoms with Crippen molar-refractivity contribution in [3.05, 3.63) is 33.8 Å². The van der Waals surface area contributed by atoms with Crippen LogP contribution in [0.5, 0.6) is 0 Å². The highest BCUT2D eigenvalue weighted by atomic mass is 79.9. The van der Waals surface area contributed by atoms with Gasteiger partial charge in [-0.3, -0.25) is 4.79 Å². The van der Waals surface area contributed by atoms with Gasteiger partial charge in [-0.1, -0.05) is 11.6 Å². The molecule has 0 aliphatic rings. The molecule has 1 unspecified atom stereocenters. The van der Waals surface area contributed by atoms with E-state index in [0.717, 1.165) is 22.9 Å². The Kier molecular flexibility index (Phi) is 6.00. The van der Waals surface area contributed by atoms with Crippen molar-refractivity contribution in [2.24, 2.45) is 0 Å². The van der Waals surface area contributed by atoms with Crippen LogP contribution in [0.25, 0.3) is 0 Å². The van der Waals surface area contributed by atoms with E-state index in [4.69, 9.17) is 11.6 Å². The number of nitrogens with one attached hydrogen (secondary N) is 1. The van der Waals surface area contributed by atoms with Gasteiger partial charge in [0.05, 0.1) is 5.56 Å². The molecular formula is C13H17BrClNO. The van der Waals surface area contributed by atoms with Gasteiger partial charge in [-0.15, -0.1) is 11.6 Å². The molecule has 0 aliphatic carbocycles. The van der Waals surface area contributed by atoms with Crippen LogP contribution in [0, 0.1) is 6.92 Å². The Morgan fingerprint density at radius 3 is 2.88 bits per heavy atom. The molecule has 1 aromatic carbocycles. The summed E-state index contributed by atoms with van der Waals surface area (Å²) in [5, 5.41) is 3.06. The van der Waals surface area contributed by atoms with Crippen LogP contribution in [0.15, 0.2) is 22.7 Å². The average Bonchev–Trinajstić information content (AvgIpc) is 2.27. The fourth-order valence-corrected chi connectivity index (χ4v) is 2.07. The predicted octanol–water partition coefficient (Wildman–Crippen LogP) is 3.89. The quantitative estimate of drug-likeness (QED) is 0.647. The van der Waals surface area contributed by atoms with Crippen molar-refractivity contribution < 1.29 is 4.79 Å². The molecule has 94 valence electrons. The Hall–Kier alpha value is -0.540. The Morgan fingerprint density at radius 2 is 2.24 bits per heavy atom. The van der Waals surface area contributed by atoms with Crippen LogP contribution in [0.1, 0.15) is 35.7 Å². The second-order valence-corrected chi connectivity index (χ2v) is 5.76. The summed E-state index contributed by atoms with van der Waals surface area (Å²) in [5.41, 5.74) is 1.76. The Balaban J connectivity index is 2.49. The van der Waals surface area contributed by atoms with Crippen molar-refractivity contribution >= 4 is 33.4 Å². The summed E-state index contributed by atoms with van der Waals surface area (Å²) in [6.45, 7) is 4.59. The molecule has 0 saturated carbocycles. The van der Waals surface area contributed by atoms with Gasteiger partial charge in [0.2, 0.25) is 0 Å². The van der Waals surface area contributed by atoms with E-state index in [9.17, 15) is 4.79 Å². The average molecular weight is 319 g/mol. The number of aryl methyl sites for hydroxylation is 1. The minimum atomic E-state index is -0.0391. The molecular weight excluding hydrogens is 302 g/mol. The lowest BCUT2D eigenvalue weighted by molar-refractivity contribution is 0.0952. The van der Waals surface area contributed by atoms with Crippen molar-refractivity contribution in [1.29, 1.82) is 0 Å². The van der Waals surface area contributed by atoms with E-state index < -0.39 is 0 Å². The van der Waals surface area contributed by atoms with Gasteiger partial charge in [-0.25, -0.2) is 0 Å². The van der Waals surface area contributed by atoms with Gasteiger partial charge in [0.1, 0.15) is 0 Å². The number of carbonyl (C=O) groups excluding carboxylic acids is 1. The largest absolute Gasteiger partial charge is 0.352 e. The van der Waals surface area contributed by atoms with E-state index >= 15 is 0 Å². The molecule has 4 heteroatoms. The minimum Gasteiger partial charge on any atom is -0.352 e. The summed E-state index contributed by atoms with van der Waals surface area (Å²) in [4.78, 5) is 11.9. The lowest BCUT2D eigenvalue weighted by Crippen LogP contribution is -2.25. The molecule has 1 atom stereocenters. The first kappa shape index (κ1) is 14.5. The Labute approximate surface area is 116 Å². The summed E-state index contributed by atoms with van der Waals surface area (Å²) >= 11 is 9.22. The molecule has 0 bridgehead atoms. The van der Waals surface area contributed by atoms with E-state index in [1.807, 2.05) is 32.0 Å². The van der Waals surface area contributed by atoms with Crippen LogP contribution >= 0.6 is 27.5 Å². The summed E-state index contributed by atoms with van der Waals surface area (Å²) in [5.74, 6) is -0.0391. The van der Waals surface area contributed by atoms with E-state index in [-0.39, 0.29) is 11.3 Å². The molecule has 1 rings (SSSR count). The van der Waals surface area contributed by atoms with Crippen molar-refractivity contribution in [3.8, 4) is 0 Å². The zero-order valence-corrected chi connectivity index (χ0v) is 12.4. The van der Waals surface area contributed by atoms with Crippen molar-refractivity contribution in [3.63, 3.8) is 0 Å². The fourth-order valence-electron chi connectivity index (χ4n) is 1.49. The third-order valence-electron chi connectivity index (χ3n) is 2.43. The van der Waals surface area contributed by atoms with Gasteiger partial charge in [0, 0.05) is 16.4 Å². The second kappa shape index (κ2) is 7.02. The summed E-state index contributed by atoms with van der Waals surface area (Å²) in [6, 6.07) is 5.74. The van der Waals surface area contributed by atoms with Gasteiger partial charge in [0.15, 0.2) is 0 Å². The maximum atomic E-state index is 11.9.